The molecule has 0 aromatic heterocycles. The first-order valence-corrected chi connectivity index (χ1v) is 9.08. The van der Waals surface area contributed by atoms with Crippen LogP contribution in [0.15, 0.2) is 35.9 Å². The van der Waals surface area contributed by atoms with E-state index in [1.807, 2.05) is 24.3 Å². The van der Waals surface area contributed by atoms with E-state index < -0.39 is 0 Å². The molecular weight excluding hydrogens is 294 g/mol. The standard InChI is InChI=1S/C18H25NO2S/c1-21-17-9-7-16(8-10-17)13-22-14-18(20)19-12-11-15-5-3-2-4-6-15/h5,7-10H,2-4,6,11-14H2,1H3,(H,19,20). The molecule has 1 aromatic rings. The fraction of sp³-hybridized carbons (Fsp3) is 0.500. The van der Waals surface area contributed by atoms with Gasteiger partial charge in [0.25, 0.3) is 0 Å². The van der Waals surface area contributed by atoms with Gasteiger partial charge in [0.1, 0.15) is 5.75 Å². The van der Waals surface area contributed by atoms with Gasteiger partial charge in [0.15, 0.2) is 0 Å². The Morgan fingerprint density at radius 2 is 2.09 bits per heavy atom. The van der Waals surface area contributed by atoms with Gasteiger partial charge in [-0.25, -0.2) is 0 Å². The van der Waals surface area contributed by atoms with Gasteiger partial charge in [-0.1, -0.05) is 23.8 Å². The second kappa shape index (κ2) is 9.57. The van der Waals surface area contributed by atoms with Crippen LogP contribution >= 0.6 is 11.8 Å². The maximum Gasteiger partial charge on any atom is 0.230 e. The van der Waals surface area contributed by atoms with Crippen LogP contribution in [0.25, 0.3) is 0 Å². The van der Waals surface area contributed by atoms with E-state index in [0.717, 1.165) is 24.5 Å². The second-order valence-electron chi connectivity index (χ2n) is 5.55. The summed E-state index contributed by atoms with van der Waals surface area (Å²) in [4.78, 5) is 11.8. The van der Waals surface area contributed by atoms with Crippen molar-refractivity contribution in [3.8, 4) is 5.75 Å². The van der Waals surface area contributed by atoms with E-state index in [4.69, 9.17) is 4.74 Å². The number of carbonyl (C=O) groups is 1. The Kier molecular flexibility index (Phi) is 7.37. The summed E-state index contributed by atoms with van der Waals surface area (Å²) in [6.07, 6.45) is 8.39. The summed E-state index contributed by atoms with van der Waals surface area (Å²) >= 11 is 1.65. The largest absolute Gasteiger partial charge is 0.497 e. The van der Waals surface area contributed by atoms with Crippen molar-refractivity contribution >= 4 is 17.7 Å². The lowest BCUT2D eigenvalue weighted by atomic mass is 9.97. The molecule has 1 amide bonds. The lowest BCUT2D eigenvalue weighted by Crippen LogP contribution is -2.26. The van der Waals surface area contributed by atoms with Gasteiger partial charge in [-0.3, -0.25) is 4.79 Å². The lowest BCUT2D eigenvalue weighted by Gasteiger charge is -2.12. The van der Waals surface area contributed by atoms with Crippen molar-refractivity contribution in [1.29, 1.82) is 0 Å². The normalized spacial score (nSPS) is 14.3. The molecule has 0 saturated carbocycles. The molecule has 0 atom stereocenters. The van der Waals surface area contributed by atoms with E-state index in [9.17, 15) is 4.79 Å². The summed E-state index contributed by atoms with van der Waals surface area (Å²) in [7, 11) is 1.66. The Labute approximate surface area is 137 Å². The molecule has 1 aromatic carbocycles. The van der Waals surface area contributed by atoms with Crippen molar-refractivity contribution in [3.63, 3.8) is 0 Å². The van der Waals surface area contributed by atoms with Crippen LogP contribution in [-0.2, 0) is 10.5 Å². The molecule has 4 heteroatoms. The van der Waals surface area contributed by atoms with Crippen molar-refractivity contribution in [2.24, 2.45) is 0 Å². The third-order valence-corrected chi connectivity index (χ3v) is 4.82. The number of thioether (sulfide) groups is 1. The van der Waals surface area contributed by atoms with Crippen LogP contribution in [0.5, 0.6) is 5.75 Å². The predicted octanol–water partition coefficient (Wildman–Crippen LogP) is 3.94. The average molecular weight is 319 g/mol. The van der Waals surface area contributed by atoms with E-state index >= 15 is 0 Å². The fourth-order valence-electron chi connectivity index (χ4n) is 2.53. The molecule has 0 aliphatic heterocycles. The monoisotopic (exact) mass is 319 g/mol. The molecule has 0 radical (unpaired) electrons. The highest BCUT2D eigenvalue weighted by molar-refractivity contribution is 7.99. The highest BCUT2D eigenvalue weighted by atomic mass is 32.2. The zero-order valence-corrected chi connectivity index (χ0v) is 14.1. The van der Waals surface area contributed by atoms with Crippen molar-refractivity contribution in [2.75, 3.05) is 19.4 Å². The Bertz CT molecular complexity index is 496. The summed E-state index contributed by atoms with van der Waals surface area (Å²) < 4.78 is 5.13. The van der Waals surface area contributed by atoms with Crippen molar-refractivity contribution < 1.29 is 9.53 Å². The second-order valence-corrected chi connectivity index (χ2v) is 6.53. The number of methoxy groups -OCH3 is 1. The van der Waals surface area contributed by atoms with E-state index in [0.29, 0.717) is 5.75 Å². The first kappa shape index (κ1) is 16.9. The van der Waals surface area contributed by atoms with Gasteiger partial charge in [0, 0.05) is 12.3 Å². The minimum absolute atomic E-state index is 0.134. The van der Waals surface area contributed by atoms with Crippen LogP contribution in [0.1, 0.15) is 37.7 Å². The smallest absolute Gasteiger partial charge is 0.230 e. The number of allylic oxidation sites excluding steroid dienone is 1. The van der Waals surface area contributed by atoms with Crippen LogP contribution in [-0.4, -0.2) is 25.3 Å². The molecule has 0 saturated heterocycles. The maximum absolute atomic E-state index is 11.8. The Morgan fingerprint density at radius 1 is 1.27 bits per heavy atom. The molecule has 0 unspecified atom stereocenters. The van der Waals surface area contributed by atoms with Crippen molar-refractivity contribution in [1.82, 2.24) is 5.32 Å². The molecule has 1 aliphatic carbocycles. The van der Waals surface area contributed by atoms with Crippen LogP contribution in [0, 0.1) is 0 Å². The Balaban J connectivity index is 1.57. The number of hydrogen-bond acceptors (Lipinski definition) is 3. The van der Waals surface area contributed by atoms with Crippen LogP contribution in [0.3, 0.4) is 0 Å². The third kappa shape index (κ3) is 6.14. The molecule has 0 bridgehead atoms. The third-order valence-electron chi connectivity index (χ3n) is 3.81. The van der Waals surface area contributed by atoms with E-state index in [-0.39, 0.29) is 5.91 Å². The lowest BCUT2D eigenvalue weighted by molar-refractivity contribution is -0.118. The van der Waals surface area contributed by atoms with Crippen molar-refractivity contribution in [2.45, 2.75) is 37.9 Å². The summed E-state index contributed by atoms with van der Waals surface area (Å²) in [5.74, 6) is 2.37. The zero-order chi connectivity index (χ0) is 15.6. The first-order chi connectivity index (χ1) is 10.8. The van der Waals surface area contributed by atoms with Gasteiger partial charge < -0.3 is 10.1 Å². The number of rotatable bonds is 8. The van der Waals surface area contributed by atoms with Gasteiger partial charge in [0.05, 0.1) is 12.9 Å². The van der Waals surface area contributed by atoms with Crippen LogP contribution in [0.4, 0.5) is 0 Å². The molecule has 2 rings (SSSR count). The van der Waals surface area contributed by atoms with Gasteiger partial charge in [-0.15, -0.1) is 11.8 Å². The number of nitrogens with one attached hydrogen (secondary N) is 1. The molecular formula is C18H25NO2S. The summed E-state index contributed by atoms with van der Waals surface area (Å²) in [5, 5.41) is 3.01. The summed E-state index contributed by atoms with van der Waals surface area (Å²) in [5.41, 5.74) is 2.73. The Hall–Kier alpha value is -1.42. The van der Waals surface area contributed by atoms with Crippen LogP contribution in [0.2, 0.25) is 0 Å². The van der Waals surface area contributed by atoms with Gasteiger partial charge in [0.2, 0.25) is 5.91 Å². The van der Waals surface area contributed by atoms with Crippen molar-refractivity contribution in [3.05, 3.63) is 41.5 Å². The van der Waals surface area contributed by atoms with Gasteiger partial charge in [-0.2, -0.15) is 0 Å². The molecule has 120 valence electrons. The minimum atomic E-state index is 0.134. The first-order valence-electron chi connectivity index (χ1n) is 7.93. The van der Waals surface area contributed by atoms with Gasteiger partial charge >= 0.3 is 0 Å². The van der Waals surface area contributed by atoms with Crippen LogP contribution < -0.4 is 10.1 Å². The fourth-order valence-corrected chi connectivity index (χ4v) is 3.35. The molecule has 0 spiro atoms. The maximum atomic E-state index is 11.8. The minimum Gasteiger partial charge on any atom is -0.497 e. The number of ether oxygens (including phenoxy) is 1. The average Bonchev–Trinajstić information content (AvgIpc) is 2.56. The zero-order valence-electron chi connectivity index (χ0n) is 13.3. The Morgan fingerprint density at radius 3 is 2.77 bits per heavy atom. The number of amides is 1. The van der Waals surface area contributed by atoms with Gasteiger partial charge in [-0.05, 0) is 49.8 Å². The van der Waals surface area contributed by atoms with E-state index in [2.05, 4.69) is 11.4 Å². The SMILES string of the molecule is COc1ccc(CSCC(=O)NCCC2=CCCCC2)cc1. The highest BCUT2D eigenvalue weighted by Crippen LogP contribution is 2.19. The highest BCUT2D eigenvalue weighted by Gasteiger charge is 2.05. The molecule has 3 nitrogen and oxygen atoms in total. The number of hydrogen-bond donors (Lipinski definition) is 1. The van der Waals surface area contributed by atoms with E-state index in [1.165, 1.54) is 36.8 Å². The summed E-state index contributed by atoms with van der Waals surface area (Å²) in [6, 6.07) is 7.99. The summed E-state index contributed by atoms with van der Waals surface area (Å²) in [6.45, 7) is 0.772. The quantitative estimate of drug-likeness (QED) is 0.738. The van der Waals surface area contributed by atoms with E-state index in [1.54, 1.807) is 18.9 Å². The molecule has 22 heavy (non-hydrogen) atoms. The molecule has 0 heterocycles. The molecule has 1 aliphatic rings. The topological polar surface area (TPSA) is 38.3 Å². The number of carbonyl (C=O) groups excluding carboxylic acids is 1. The number of benzene rings is 1. The molecule has 1 N–H and O–H groups in total. The molecule has 0 fully saturated rings. The predicted molar refractivity (Wildman–Crippen MR) is 93.3 cm³/mol.